The molecule has 20 heavy (non-hydrogen) atoms. The van der Waals surface area contributed by atoms with E-state index >= 15 is 0 Å². The molecule has 0 bridgehead atoms. The highest BCUT2D eigenvalue weighted by molar-refractivity contribution is 5.97. The van der Waals surface area contributed by atoms with Gasteiger partial charge in [-0.15, -0.1) is 0 Å². The van der Waals surface area contributed by atoms with Crippen LogP contribution < -0.4 is 5.32 Å². The first kappa shape index (κ1) is 17.0. The molecule has 5 nitrogen and oxygen atoms in total. The third-order valence-electron chi connectivity index (χ3n) is 4.29. The van der Waals surface area contributed by atoms with E-state index < -0.39 is 12.1 Å². The number of hydrogen-bond acceptors (Lipinski definition) is 3. The number of ether oxygens (including phenoxy) is 1. The van der Waals surface area contributed by atoms with Crippen LogP contribution in [0.4, 0.5) is 0 Å². The summed E-state index contributed by atoms with van der Waals surface area (Å²) in [5, 5.41) is 2.86. The maximum absolute atomic E-state index is 12.8. The molecule has 0 aromatic carbocycles. The number of amides is 2. The third-order valence-corrected chi connectivity index (χ3v) is 4.29. The molecule has 0 aromatic rings. The average Bonchev–Trinajstić information content (AvgIpc) is 2.41. The van der Waals surface area contributed by atoms with Crippen molar-refractivity contribution < 1.29 is 14.3 Å². The van der Waals surface area contributed by atoms with Crippen LogP contribution in [0.5, 0.6) is 0 Å². The van der Waals surface area contributed by atoms with E-state index in [1.54, 1.807) is 18.9 Å². The van der Waals surface area contributed by atoms with Gasteiger partial charge >= 0.3 is 0 Å². The van der Waals surface area contributed by atoms with Crippen LogP contribution >= 0.6 is 0 Å². The van der Waals surface area contributed by atoms with Crippen LogP contribution in [0.1, 0.15) is 41.0 Å². The summed E-state index contributed by atoms with van der Waals surface area (Å²) in [6.45, 7) is 10.4. The van der Waals surface area contributed by atoms with Crippen LogP contribution in [0.25, 0.3) is 0 Å². The van der Waals surface area contributed by atoms with Gasteiger partial charge in [0.2, 0.25) is 11.8 Å². The Morgan fingerprint density at radius 2 is 1.90 bits per heavy atom. The Balaban J connectivity index is 3.05. The molecular formula is C15H28N2O3. The second-order valence-corrected chi connectivity index (χ2v) is 6.06. The molecule has 0 spiro atoms. The summed E-state index contributed by atoms with van der Waals surface area (Å²) in [4.78, 5) is 26.7. The number of piperazine rings is 1. The normalized spacial score (nSPS) is 26.6. The molecule has 0 aliphatic carbocycles. The standard InChI is InChI=1S/C15H28N2O3/c1-7-10(4)13-15(19)17(11(5)14(18)16-13)12(8-20-6)9(2)3/h9-13H,7-8H2,1-6H3,(H,16,18). The molecule has 2 amide bonds. The predicted molar refractivity (Wildman–Crippen MR) is 78.2 cm³/mol. The predicted octanol–water partition coefficient (Wildman–Crippen LogP) is 1.42. The number of rotatable bonds is 6. The molecule has 1 heterocycles. The molecule has 5 heteroatoms. The highest BCUT2D eigenvalue weighted by Gasteiger charge is 2.43. The second-order valence-electron chi connectivity index (χ2n) is 6.06. The fourth-order valence-electron chi connectivity index (χ4n) is 2.65. The van der Waals surface area contributed by atoms with E-state index in [1.165, 1.54) is 0 Å². The fraction of sp³-hybridized carbons (Fsp3) is 0.867. The molecular weight excluding hydrogens is 256 g/mol. The largest absolute Gasteiger partial charge is 0.383 e. The lowest BCUT2D eigenvalue weighted by Gasteiger charge is -2.44. The summed E-state index contributed by atoms with van der Waals surface area (Å²) < 4.78 is 5.25. The topological polar surface area (TPSA) is 58.6 Å². The Morgan fingerprint density at radius 3 is 2.35 bits per heavy atom. The molecule has 1 fully saturated rings. The van der Waals surface area contributed by atoms with Crippen molar-refractivity contribution in [1.29, 1.82) is 0 Å². The van der Waals surface area contributed by atoms with Gasteiger partial charge in [0, 0.05) is 7.11 Å². The van der Waals surface area contributed by atoms with Gasteiger partial charge < -0.3 is 15.0 Å². The van der Waals surface area contributed by atoms with Gasteiger partial charge in [-0.3, -0.25) is 9.59 Å². The van der Waals surface area contributed by atoms with Crippen molar-refractivity contribution >= 4 is 11.8 Å². The van der Waals surface area contributed by atoms with E-state index in [2.05, 4.69) is 19.2 Å². The molecule has 4 atom stereocenters. The van der Waals surface area contributed by atoms with E-state index in [0.717, 1.165) is 6.42 Å². The van der Waals surface area contributed by atoms with Gasteiger partial charge in [0.15, 0.2) is 0 Å². The van der Waals surface area contributed by atoms with Gasteiger partial charge in [-0.05, 0) is 18.8 Å². The minimum absolute atomic E-state index is 0.0159. The zero-order chi connectivity index (χ0) is 15.4. The van der Waals surface area contributed by atoms with Crippen molar-refractivity contribution in [3.05, 3.63) is 0 Å². The van der Waals surface area contributed by atoms with Crippen molar-refractivity contribution in [3.8, 4) is 0 Å². The number of nitrogens with zero attached hydrogens (tertiary/aromatic N) is 1. The third kappa shape index (κ3) is 3.32. The molecule has 1 aliphatic rings. The Bertz CT molecular complexity index is 357. The lowest BCUT2D eigenvalue weighted by atomic mass is 9.91. The van der Waals surface area contributed by atoms with Crippen molar-refractivity contribution in [2.24, 2.45) is 11.8 Å². The number of methoxy groups -OCH3 is 1. The number of hydrogen-bond donors (Lipinski definition) is 1. The van der Waals surface area contributed by atoms with E-state index in [0.29, 0.717) is 6.61 Å². The summed E-state index contributed by atoms with van der Waals surface area (Å²) >= 11 is 0. The fourth-order valence-corrected chi connectivity index (χ4v) is 2.65. The van der Waals surface area contributed by atoms with Crippen LogP contribution in [-0.4, -0.2) is 48.6 Å². The van der Waals surface area contributed by atoms with Gasteiger partial charge in [-0.1, -0.05) is 34.1 Å². The quantitative estimate of drug-likeness (QED) is 0.802. The molecule has 1 rings (SSSR count). The molecule has 0 radical (unpaired) electrons. The molecule has 4 unspecified atom stereocenters. The summed E-state index contributed by atoms with van der Waals surface area (Å²) in [7, 11) is 1.63. The first-order chi connectivity index (χ1) is 9.34. The number of carbonyl (C=O) groups excluding carboxylic acids is 2. The maximum Gasteiger partial charge on any atom is 0.246 e. The number of carbonyl (C=O) groups is 2. The Morgan fingerprint density at radius 1 is 1.30 bits per heavy atom. The summed E-state index contributed by atoms with van der Waals surface area (Å²) in [6.07, 6.45) is 0.857. The van der Waals surface area contributed by atoms with Crippen LogP contribution in [0, 0.1) is 11.8 Å². The minimum Gasteiger partial charge on any atom is -0.383 e. The Labute approximate surface area is 122 Å². The molecule has 1 aliphatic heterocycles. The minimum atomic E-state index is -0.439. The van der Waals surface area contributed by atoms with Crippen LogP contribution in [0.15, 0.2) is 0 Å². The zero-order valence-corrected chi connectivity index (χ0v) is 13.5. The van der Waals surface area contributed by atoms with Crippen LogP contribution in [0.3, 0.4) is 0 Å². The highest BCUT2D eigenvalue weighted by Crippen LogP contribution is 2.23. The number of nitrogens with one attached hydrogen (secondary N) is 1. The van der Waals surface area contributed by atoms with Crippen LogP contribution in [0.2, 0.25) is 0 Å². The lowest BCUT2D eigenvalue weighted by molar-refractivity contribution is -0.155. The summed E-state index contributed by atoms with van der Waals surface area (Å²) in [5.41, 5.74) is 0. The molecule has 1 N–H and O–H groups in total. The van der Waals surface area contributed by atoms with Crippen molar-refractivity contribution in [2.75, 3.05) is 13.7 Å². The Hall–Kier alpha value is -1.10. The summed E-state index contributed by atoms with van der Waals surface area (Å²) in [6, 6.07) is -0.924. The van der Waals surface area contributed by atoms with E-state index in [1.807, 2.05) is 13.8 Å². The van der Waals surface area contributed by atoms with E-state index in [-0.39, 0.29) is 29.7 Å². The molecule has 0 saturated carbocycles. The lowest BCUT2D eigenvalue weighted by Crippen LogP contribution is -2.67. The zero-order valence-electron chi connectivity index (χ0n) is 13.5. The van der Waals surface area contributed by atoms with E-state index in [9.17, 15) is 9.59 Å². The SMILES string of the molecule is CCC(C)C1NC(=O)C(C)N(C(COC)C(C)C)C1=O. The molecule has 116 valence electrons. The highest BCUT2D eigenvalue weighted by atomic mass is 16.5. The first-order valence-electron chi connectivity index (χ1n) is 7.46. The van der Waals surface area contributed by atoms with Crippen molar-refractivity contribution in [2.45, 2.75) is 59.2 Å². The van der Waals surface area contributed by atoms with Gasteiger partial charge in [-0.25, -0.2) is 0 Å². The van der Waals surface area contributed by atoms with Crippen LogP contribution in [-0.2, 0) is 14.3 Å². The average molecular weight is 284 g/mol. The molecule has 1 saturated heterocycles. The van der Waals surface area contributed by atoms with E-state index in [4.69, 9.17) is 4.74 Å². The summed E-state index contributed by atoms with van der Waals surface area (Å²) in [5.74, 6) is 0.320. The smallest absolute Gasteiger partial charge is 0.246 e. The molecule has 0 aromatic heterocycles. The monoisotopic (exact) mass is 284 g/mol. The first-order valence-corrected chi connectivity index (χ1v) is 7.46. The van der Waals surface area contributed by atoms with Gasteiger partial charge in [0.05, 0.1) is 12.6 Å². The van der Waals surface area contributed by atoms with Gasteiger partial charge in [0.1, 0.15) is 12.1 Å². The Kier molecular flexibility index (Phi) is 5.99. The van der Waals surface area contributed by atoms with Gasteiger partial charge in [-0.2, -0.15) is 0 Å². The van der Waals surface area contributed by atoms with Crippen molar-refractivity contribution in [1.82, 2.24) is 10.2 Å². The van der Waals surface area contributed by atoms with Gasteiger partial charge in [0.25, 0.3) is 0 Å². The second kappa shape index (κ2) is 7.07. The maximum atomic E-state index is 12.8. The van der Waals surface area contributed by atoms with Crippen molar-refractivity contribution in [3.63, 3.8) is 0 Å².